The van der Waals surface area contributed by atoms with Crippen LogP contribution in [0.15, 0.2) is 0 Å². The molecule has 2 nitrogen and oxygen atoms in total. The first-order valence-electron chi connectivity index (χ1n) is 7.00. The summed E-state index contributed by atoms with van der Waals surface area (Å²) in [7, 11) is 0. The Hall–Kier alpha value is -0.0800. The van der Waals surface area contributed by atoms with Crippen LogP contribution in [-0.2, 0) is 0 Å². The first-order valence-corrected chi connectivity index (χ1v) is 7.00. The van der Waals surface area contributed by atoms with Gasteiger partial charge in [-0.15, -0.1) is 0 Å². The van der Waals surface area contributed by atoms with E-state index in [1.54, 1.807) is 0 Å². The third kappa shape index (κ3) is 3.21. The van der Waals surface area contributed by atoms with Crippen LogP contribution < -0.4 is 5.73 Å². The summed E-state index contributed by atoms with van der Waals surface area (Å²) in [6.45, 7) is 11.2. The van der Waals surface area contributed by atoms with Crippen molar-refractivity contribution in [3.05, 3.63) is 0 Å². The molecule has 2 N–H and O–H groups in total. The zero-order valence-corrected chi connectivity index (χ0v) is 11.6. The zero-order valence-electron chi connectivity index (χ0n) is 11.6. The van der Waals surface area contributed by atoms with E-state index in [9.17, 15) is 0 Å². The van der Waals surface area contributed by atoms with Crippen molar-refractivity contribution in [2.75, 3.05) is 13.1 Å². The molecule has 16 heavy (non-hydrogen) atoms. The highest BCUT2D eigenvalue weighted by Gasteiger charge is 2.35. The minimum atomic E-state index is 0.218. The molecule has 0 aromatic heterocycles. The third-order valence-electron chi connectivity index (χ3n) is 4.17. The van der Waals surface area contributed by atoms with Crippen molar-refractivity contribution in [1.29, 1.82) is 0 Å². The standard InChI is InChI=1S/C14H30N2/c1-5-9-16(12(2)3)14(4,11-15)10-13-7-6-8-13/h12-13H,5-11,15H2,1-4H3. The van der Waals surface area contributed by atoms with E-state index in [0.717, 1.165) is 12.5 Å². The highest BCUT2D eigenvalue weighted by molar-refractivity contribution is 4.92. The highest BCUT2D eigenvalue weighted by atomic mass is 15.2. The van der Waals surface area contributed by atoms with E-state index in [1.807, 2.05) is 0 Å². The van der Waals surface area contributed by atoms with Crippen LogP contribution >= 0.6 is 0 Å². The fraction of sp³-hybridized carbons (Fsp3) is 1.00. The molecule has 0 aliphatic heterocycles. The van der Waals surface area contributed by atoms with Gasteiger partial charge in [0.1, 0.15) is 0 Å². The van der Waals surface area contributed by atoms with E-state index in [0.29, 0.717) is 6.04 Å². The molecule has 1 atom stereocenters. The van der Waals surface area contributed by atoms with Gasteiger partial charge in [0.15, 0.2) is 0 Å². The fourth-order valence-electron chi connectivity index (χ4n) is 3.03. The van der Waals surface area contributed by atoms with Crippen LogP contribution in [0, 0.1) is 5.92 Å². The predicted molar refractivity (Wildman–Crippen MR) is 71.6 cm³/mol. The van der Waals surface area contributed by atoms with Gasteiger partial charge in [-0.25, -0.2) is 0 Å². The first kappa shape index (κ1) is 14.0. The van der Waals surface area contributed by atoms with Crippen LogP contribution in [0.4, 0.5) is 0 Å². The zero-order chi connectivity index (χ0) is 12.2. The summed E-state index contributed by atoms with van der Waals surface area (Å²) in [6.07, 6.45) is 6.79. The monoisotopic (exact) mass is 226 g/mol. The maximum Gasteiger partial charge on any atom is 0.0308 e. The van der Waals surface area contributed by atoms with Crippen molar-refractivity contribution in [3.8, 4) is 0 Å². The third-order valence-corrected chi connectivity index (χ3v) is 4.17. The van der Waals surface area contributed by atoms with Crippen LogP contribution in [0.25, 0.3) is 0 Å². The Balaban J connectivity index is 2.64. The average molecular weight is 226 g/mol. The molecular weight excluding hydrogens is 196 g/mol. The fourth-order valence-corrected chi connectivity index (χ4v) is 3.03. The van der Waals surface area contributed by atoms with Crippen molar-refractivity contribution in [2.24, 2.45) is 11.7 Å². The molecule has 0 heterocycles. The van der Waals surface area contributed by atoms with Gasteiger partial charge < -0.3 is 5.73 Å². The van der Waals surface area contributed by atoms with Gasteiger partial charge in [0, 0.05) is 18.1 Å². The summed E-state index contributed by atoms with van der Waals surface area (Å²) in [6, 6.07) is 0.605. The molecule has 0 spiro atoms. The number of hydrogen-bond donors (Lipinski definition) is 1. The van der Waals surface area contributed by atoms with Crippen molar-refractivity contribution < 1.29 is 0 Å². The average Bonchev–Trinajstić information content (AvgIpc) is 2.19. The van der Waals surface area contributed by atoms with Crippen LogP contribution in [0.1, 0.15) is 59.8 Å². The van der Waals surface area contributed by atoms with Gasteiger partial charge in [0.05, 0.1) is 0 Å². The van der Waals surface area contributed by atoms with Gasteiger partial charge in [-0.1, -0.05) is 26.2 Å². The number of hydrogen-bond acceptors (Lipinski definition) is 2. The molecule has 1 fully saturated rings. The van der Waals surface area contributed by atoms with E-state index in [-0.39, 0.29) is 5.54 Å². The van der Waals surface area contributed by atoms with Crippen molar-refractivity contribution >= 4 is 0 Å². The molecule has 0 aromatic carbocycles. The summed E-state index contributed by atoms with van der Waals surface area (Å²) >= 11 is 0. The molecule has 0 aromatic rings. The molecule has 96 valence electrons. The van der Waals surface area contributed by atoms with Crippen LogP contribution in [0.2, 0.25) is 0 Å². The van der Waals surface area contributed by atoms with E-state index < -0.39 is 0 Å². The van der Waals surface area contributed by atoms with Gasteiger partial charge in [0.2, 0.25) is 0 Å². The van der Waals surface area contributed by atoms with Crippen LogP contribution in [-0.4, -0.2) is 29.6 Å². The van der Waals surface area contributed by atoms with Crippen molar-refractivity contribution in [2.45, 2.75) is 71.4 Å². The molecule has 1 rings (SSSR count). The minimum Gasteiger partial charge on any atom is -0.329 e. The summed E-state index contributed by atoms with van der Waals surface area (Å²) < 4.78 is 0. The van der Waals surface area contributed by atoms with Gasteiger partial charge >= 0.3 is 0 Å². The Bertz CT molecular complexity index is 199. The lowest BCUT2D eigenvalue weighted by molar-refractivity contribution is 0.0418. The smallest absolute Gasteiger partial charge is 0.0308 e. The van der Waals surface area contributed by atoms with E-state index in [2.05, 4.69) is 32.6 Å². The summed E-state index contributed by atoms with van der Waals surface area (Å²) in [5, 5.41) is 0. The maximum absolute atomic E-state index is 6.06. The summed E-state index contributed by atoms with van der Waals surface area (Å²) in [5.74, 6) is 0.937. The molecule has 0 radical (unpaired) electrons. The lowest BCUT2D eigenvalue weighted by Crippen LogP contribution is -2.56. The van der Waals surface area contributed by atoms with Gasteiger partial charge in [-0.2, -0.15) is 0 Å². The lowest BCUT2D eigenvalue weighted by atomic mass is 9.75. The Morgan fingerprint density at radius 3 is 2.31 bits per heavy atom. The Kier molecular flexibility index (Phi) is 5.26. The van der Waals surface area contributed by atoms with Gasteiger partial charge in [0.25, 0.3) is 0 Å². The molecule has 0 bridgehead atoms. The van der Waals surface area contributed by atoms with Crippen LogP contribution in [0.5, 0.6) is 0 Å². The topological polar surface area (TPSA) is 29.3 Å². The Morgan fingerprint density at radius 2 is 2.00 bits per heavy atom. The van der Waals surface area contributed by atoms with Crippen molar-refractivity contribution in [3.63, 3.8) is 0 Å². The minimum absolute atomic E-state index is 0.218. The second-order valence-corrected chi connectivity index (χ2v) is 5.99. The molecule has 1 aliphatic carbocycles. The van der Waals surface area contributed by atoms with E-state index >= 15 is 0 Å². The van der Waals surface area contributed by atoms with Crippen molar-refractivity contribution in [1.82, 2.24) is 4.90 Å². The number of nitrogens with two attached hydrogens (primary N) is 1. The van der Waals surface area contributed by atoms with Gasteiger partial charge in [-0.3, -0.25) is 4.90 Å². The van der Waals surface area contributed by atoms with E-state index in [4.69, 9.17) is 5.73 Å². The quantitative estimate of drug-likeness (QED) is 0.723. The predicted octanol–water partition coefficient (Wildman–Crippen LogP) is 3.01. The number of nitrogens with zero attached hydrogens (tertiary/aromatic N) is 1. The second kappa shape index (κ2) is 6.02. The lowest BCUT2D eigenvalue weighted by Gasteiger charge is -2.46. The molecule has 1 saturated carbocycles. The molecule has 1 unspecified atom stereocenters. The molecule has 0 amide bonds. The second-order valence-electron chi connectivity index (χ2n) is 5.99. The van der Waals surface area contributed by atoms with Crippen LogP contribution in [0.3, 0.4) is 0 Å². The SMILES string of the molecule is CCCN(C(C)C)C(C)(CN)CC1CCC1. The van der Waals surface area contributed by atoms with E-state index in [1.165, 1.54) is 38.6 Å². The summed E-state index contributed by atoms with van der Waals surface area (Å²) in [4.78, 5) is 2.62. The summed E-state index contributed by atoms with van der Waals surface area (Å²) in [5.41, 5.74) is 6.28. The Labute approximate surface area is 102 Å². The Morgan fingerprint density at radius 1 is 1.38 bits per heavy atom. The molecule has 0 saturated heterocycles. The largest absolute Gasteiger partial charge is 0.329 e. The molecular formula is C14H30N2. The first-order chi connectivity index (χ1) is 7.53. The highest BCUT2D eigenvalue weighted by Crippen LogP contribution is 2.36. The van der Waals surface area contributed by atoms with Gasteiger partial charge in [-0.05, 0) is 46.1 Å². The molecule has 2 heteroatoms. The maximum atomic E-state index is 6.06. The number of rotatable bonds is 7. The molecule has 1 aliphatic rings. The normalized spacial score (nSPS) is 21.2.